The van der Waals surface area contributed by atoms with Crippen LogP contribution in [0.1, 0.15) is 19.3 Å². The molecule has 0 aromatic heterocycles. The van der Waals surface area contributed by atoms with Gasteiger partial charge in [-0.3, -0.25) is 4.79 Å². The van der Waals surface area contributed by atoms with Gasteiger partial charge in [-0.25, -0.2) is 4.79 Å². The molecule has 5 heteroatoms. The lowest BCUT2D eigenvalue weighted by atomic mass is 10.2. The Bertz CT molecular complexity index is 232. The van der Waals surface area contributed by atoms with E-state index in [0.29, 0.717) is 19.4 Å². The number of carbonyl (C=O) groups excluding carboxylic acids is 1. The Morgan fingerprint density at radius 1 is 1.57 bits per heavy atom. The monoisotopic (exact) mass is 217 g/mol. The van der Waals surface area contributed by atoms with E-state index in [4.69, 9.17) is 5.11 Å². The second-order valence-corrected chi connectivity index (χ2v) is 4.31. The summed E-state index contributed by atoms with van der Waals surface area (Å²) in [6.45, 7) is 0.601. The molecular formula is C9H15NO3S. The number of rotatable bonds is 4. The van der Waals surface area contributed by atoms with Crippen LogP contribution in [-0.4, -0.2) is 46.5 Å². The number of carboxylic acid groups (broad SMARTS) is 1. The Hall–Kier alpha value is -0.710. The Kier molecular flexibility index (Phi) is 4.25. The molecule has 1 fully saturated rings. The molecule has 1 rings (SSSR count). The molecule has 0 unspecified atom stereocenters. The third-order valence-electron chi connectivity index (χ3n) is 2.38. The summed E-state index contributed by atoms with van der Waals surface area (Å²) in [6.07, 6.45) is 3.79. The fourth-order valence-corrected chi connectivity index (χ4v) is 2.03. The molecule has 1 heterocycles. The Morgan fingerprint density at radius 2 is 2.29 bits per heavy atom. The molecule has 14 heavy (non-hydrogen) atoms. The largest absolute Gasteiger partial charge is 0.480 e. The van der Waals surface area contributed by atoms with Crippen molar-refractivity contribution < 1.29 is 14.7 Å². The van der Waals surface area contributed by atoms with Crippen molar-refractivity contribution in [2.75, 3.05) is 18.6 Å². The minimum absolute atomic E-state index is 0.0238. The van der Waals surface area contributed by atoms with Crippen LogP contribution in [0.2, 0.25) is 0 Å². The molecule has 80 valence electrons. The number of amides is 1. The zero-order valence-electron chi connectivity index (χ0n) is 8.23. The zero-order valence-corrected chi connectivity index (χ0v) is 9.05. The first-order chi connectivity index (χ1) is 6.66. The molecule has 1 amide bonds. The Morgan fingerprint density at radius 3 is 2.86 bits per heavy atom. The third kappa shape index (κ3) is 2.64. The topological polar surface area (TPSA) is 57.6 Å². The molecular weight excluding hydrogens is 202 g/mol. The van der Waals surface area contributed by atoms with Gasteiger partial charge < -0.3 is 10.0 Å². The van der Waals surface area contributed by atoms with E-state index >= 15 is 0 Å². The van der Waals surface area contributed by atoms with E-state index in [-0.39, 0.29) is 5.91 Å². The van der Waals surface area contributed by atoms with Crippen molar-refractivity contribution in [2.45, 2.75) is 25.3 Å². The molecule has 0 aromatic carbocycles. The number of carbonyl (C=O) groups is 2. The van der Waals surface area contributed by atoms with Crippen molar-refractivity contribution in [3.05, 3.63) is 0 Å². The number of thioether (sulfide) groups is 1. The predicted octanol–water partition coefficient (Wildman–Crippen LogP) is 0.815. The highest BCUT2D eigenvalue weighted by molar-refractivity contribution is 7.98. The van der Waals surface area contributed by atoms with Crippen LogP contribution in [0, 0.1) is 0 Å². The fourth-order valence-electron chi connectivity index (χ4n) is 1.65. The summed E-state index contributed by atoms with van der Waals surface area (Å²) in [7, 11) is 0. The van der Waals surface area contributed by atoms with E-state index in [2.05, 4.69) is 0 Å². The first-order valence-electron chi connectivity index (χ1n) is 4.68. The summed E-state index contributed by atoms with van der Waals surface area (Å²) < 4.78 is 0. The Labute approximate surface area is 87.7 Å². The van der Waals surface area contributed by atoms with Crippen molar-refractivity contribution in [1.29, 1.82) is 0 Å². The lowest BCUT2D eigenvalue weighted by Gasteiger charge is -2.21. The average Bonchev–Trinajstić information content (AvgIpc) is 2.62. The first-order valence-corrected chi connectivity index (χ1v) is 6.07. The number of aliphatic carboxylic acids is 1. The molecule has 1 N–H and O–H groups in total. The van der Waals surface area contributed by atoms with Crippen LogP contribution in [0.5, 0.6) is 0 Å². The first kappa shape index (κ1) is 11.4. The summed E-state index contributed by atoms with van der Waals surface area (Å²) in [6, 6.07) is -0.579. The van der Waals surface area contributed by atoms with Gasteiger partial charge in [-0.05, 0) is 19.1 Å². The summed E-state index contributed by atoms with van der Waals surface area (Å²) >= 11 is 1.60. The number of carboxylic acids is 1. The van der Waals surface area contributed by atoms with Crippen molar-refractivity contribution in [1.82, 2.24) is 4.90 Å². The molecule has 0 aromatic rings. The smallest absolute Gasteiger partial charge is 0.326 e. The maximum absolute atomic E-state index is 11.6. The van der Waals surface area contributed by atoms with E-state index < -0.39 is 12.0 Å². The van der Waals surface area contributed by atoms with Gasteiger partial charge in [-0.2, -0.15) is 11.8 Å². The van der Waals surface area contributed by atoms with Gasteiger partial charge in [0, 0.05) is 18.7 Å². The summed E-state index contributed by atoms with van der Waals surface area (Å²) in [5.41, 5.74) is 0. The van der Waals surface area contributed by atoms with E-state index in [1.165, 1.54) is 4.90 Å². The average molecular weight is 217 g/mol. The van der Waals surface area contributed by atoms with Gasteiger partial charge in [-0.15, -0.1) is 0 Å². The minimum atomic E-state index is -0.875. The second-order valence-electron chi connectivity index (χ2n) is 3.33. The number of hydrogen-bond acceptors (Lipinski definition) is 3. The van der Waals surface area contributed by atoms with E-state index in [9.17, 15) is 9.59 Å². The van der Waals surface area contributed by atoms with Gasteiger partial charge >= 0.3 is 5.97 Å². The second kappa shape index (κ2) is 5.24. The quantitative estimate of drug-likeness (QED) is 0.757. The molecule has 1 aliphatic rings. The van der Waals surface area contributed by atoms with Crippen LogP contribution >= 0.6 is 11.8 Å². The van der Waals surface area contributed by atoms with E-state index in [0.717, 1.165) is 12.2 Å². The van der Waals surface area contributed by atoms with Crippen LogP contribution in [0.15, 0.2) is 0 Å². The molecule has 1 atom stereocenters. The van der Waals surface area contributed by atoms with Gasteiger partial charge in [0.05, 0.1) is 0 Å². The molecule has 1 saturated heterocycles. The molecule has 4 nitrogen and oxygen atoms in total. The lowest BCUT2D eigenvalue weighted by Crippen LogP contribution is -2.40. The standard InChI is InChI=1S/C9H15NO3S/c1-14-6-4-8(11)10-5-2-3-7(10)9(12)13/h7H,2-6H2,1H3,(H,12,13)/t7-/m1/s1. The van der Waals surface area contributed by atoms with Crippen LogP contribution < -0.4 is 0 Å². The molecule has 0 spiro atoms. The van der Waals surface area contributed by atoms with Crippen LogP contribution in [-0.2, 0) is 9.59 Å². The van der Waals surface area contributed by atoms with Crippen molar-refractivity contribution in [3.8, 4) is 0 Å². The highest BCUT2D eigenvalue weighted by atomic mass is 32.2. The minimum Gasteiger partial charge on any atom is -0.480 e. The fraction of sp³-hybridized carbons (Fsp3) is 0.778. The van der Waals surface area contributed by atoms with Gasteiger partial charge in [0.1, 0.15) is 6.04 Å². The van der Waals surface area contributed by atoms with Gasteiger partial charge in [0.25, 0.3) is 0 Å². The van der Waals surface area contributed by atoms with Crippen molar-refractivity contribution in [2.24, 2.45) is 0 Å². The maximum atomic E-state index is 11.6. The molecule has 0 saturated carbocycles. The number of hydrogen-bond donors (Lipinski definition) is 1. The molecule has 0 bridgehead atoms. The molecule has 1 aliphatic heterocycles. The third-order valence-corrected chi connectivity index (χ3v) is 2.99. The van der Waals surface area contributed by atoms with E-state index in [1.807, 2.05) is 6.26 Å². The van der Waals surface area contributed by atoms with Crippen LogP contribution in [0.4, 0.5) is 0 Å². The van der Waals surface area contributed by atoms with Gasteiger partial charge in [-0.1, -0.05) is 0 Å². The molecule has 0 radical (unpaired) electrons. The number of nitrogens with zero attached hydrogens (tertiary/aromatic N) is 1. The van der Waals surface area contributed by atoms with Crippen LogP contribution in [0.3, 0.4) is 0 Å². The highest BCUT2D eigenvalue weighted by Crippen LogP contribution is 2.18. The van der Waals surface area contributed by atoms with Gasteiger partial charge in [0.15, 0.2) is 0 Å². The van der Waals surface area contributed by atoms with Crippen molar-refractivity contribution >= 4 is 23.6 Å². The summed E-state index contributed by atoms with van der Waals surface area (Å²) in [5.74, 6) is -0.133. The van der Waals surface area contributed by atoms with Crippen LogP contribution in [0.25, 0.3) is 0 Å². The predicted molar refractivity (Wildman–Crippen MR) is 55.4 cm³/mol. The SMILES string of the molecule is CSCCC(=O)N1CCC[C@@H]1C(=O)O. The maximum Gasteiger partial charge on any atom is 0.326 e. The molecule has 0 aliphatic carbocycles. The zero-order chi connectivity index (χ0) is 10.6. The van der Waals surface area contributed by atoms with E-state index in [1.54, 1.807) is 11.8 Å². The lowest BCUT2D eigenvalue weighted by molar-refractivity contribution is -0.148. The van der Waals surface area contributed by atoms with Crippen molar-refractivity contribution in [3.63, 3.8) is 0 Å². The highest BCUT2D eigenvalue weighted by Gasteiger charge is 2.33. The normalized spacial score (nSPS) is 21.2. The number of likely N-dealkylation sites (tertiary alicyclic amines) is 1. The Balaban J connectivity index is 2.49. The summed E-state index contributed by atoms with van der Waals surface area (Å²) in [5, 5.41) is 8.86. The van der Waals surface area contributed by atoms with Gasteiger partial charge in [0.2, 0.25) is 5.91 Å². The summed E-state index contributed by atoms with van der Waals surface area (Å²) in [4.78, 5) is 23.9.